The first-order valence-electron chi connectivity index (χ1n) is 5.36. The molecular formula is C10H16N4O2. The highest BCUT2D eigenvalue weighted by Gasteiger charge is 2.44. The topological polar surface area (TPSA) is 80.0 Å². The predicted molar refractivity (Wildman–Crippen MR) is 57.2 cm³/mol. The molecule has 16 heavy (non-hydrogen) atoms. The smallest absolute Gasteiger partial charge is 0.358 e. The van der Waals surface area contributed by atoms with E-state index in [2.05, 4.69) is 29.5 Å². The maximum absolute atomic E-state index is 10.6. The zero-order chi connectivity index (χ0) is 11.8. The first kappa shape index (κ1) is 11.1. The first-order valence-corrected chi connectivity index (χ1v) is 5.36. The molecule has 2 rings (SSSR count). The van der Waals surface area contributed by atoms with E-state index in [-0.39, 0.29) is 5.69 Å². The van der Waals surface area contributed by atoms with Crippen molar-refractivity contribution in [1.82, 2.24) is 20.3 Å². The molecule has 1 aromatic heterocycles. The fraction of sp³-hybridized carbons (Fsp3) is 0.700. The van der Waals surface area contributed by atoms with Crippen molar-refractivity contribution in [3.63, 3.8) is 0 Å². The van der Waals surface area contributed by atoms with Gasteiger partial charge in [0.05, 0.1) is 12.7 Å². The summed E-state index contributed by atoms with van der Waals surface area (Å²) in [6.45, 7) is 5.88. The van der Waals surface area contributed by atoms with Gasteiger partial charge in [0.15, 0.2) is 5.69 Å². The Kier molecular flexibility index (Phi) is 2.67. The van der Waals surface area contributed by atoms with Gasteiger partial charge in [-0.3, -0.25) is 4.68 Å². The number of hydrogen-bond acceptors (Lipinski definition) is 4. The Labute approximate surface area is 93.6 Å². The van der Waals surface area contributed by atoms with E-state index in [4.69, 9.17) is 5.11 Å². The maximum atomic E-state index is 10.6. The van der Waals surface area contributed by atoms with Crippen LogP contribution in [0.2, 0.25) is 0 Å². The molecule has 1 aromatic rings. The van der Waals surface area contributed by atoms with Crippen LogP contribution in [0.3, 0.4) is 0 Å². The quantitative estimate of drug-likeness (QED) is 0.755. The van der Waals surface area contributed by atoms with Crippen molar-refractivity contribution < 1.29 is 9.90 Å². The SMILES string of the molecule is CC1(C)CC1NCCn1cc(C(=O)O)nn1. The summed E-state index contributed by atoms with van der Waals surface area (Å²) in [5.74, 6) is -1.04. The van der Waals surface area contributed by atoms with E-state index >= 15 is 0 Å². The van der Waals surface area contributed by atoms with Crippen LogP contribution in [-0.2, 0) is 6.54 Å². The lowest BCUT2D eigenvalue weighted by atomic mass is 10.2. The Morgan fingerprint density at radius 2 is 2.44 bits per heavy atom. The van der Waals surface area contributed by atoms with Gasteiger partial charge in [-0.1, -0.05) is 19.1 Å². The summed E-state index contributed by atoms with van der Waals surface area (Å²) in [6, 6.07) is 0.579. The van der Waals surface area contributed by atoms with Gasteiger partial charge in [-0.2, -0.15) is 0 Å². The minimum absolute atomic E-state index is 0.00764. The number of carboxylic acid groups (broad SMARTS) is 1. The molecule has 1 atom stereocenters. The largest absolute Gasteiger partial charge is 0.476 e. The third-order valence-electron chi connectivity index (χ3n) is 3.00. The number of nitrogens with one attached hydrogen (secondary N) is 1. The minimum atomic E-state index is -1.04. The van der Waals surface area contributed by atoms with Crippen molar-refractivity contribution in [3.05, 3.63) is 11.9 Å². The third-order valence-corrected chi connectivity index (χ3v) is 3.00. The molecular weight excluding hydrogens is 208 g/mol. The standard InChI is InChI=1S/C10H16N4O2/c1-10(2)5-8(10)11-3-4-14-6-7(9(15)16)12-13-14/h6,8,11H,3-5H2,1-2H3,(H,15,16). The lowest BCUT2D eigenvalue weighted by Gasteiger charge is -2.05. The van der Waals surface area contributed by atoms with Crippen molar-refractivity contribution in [3.8, 4) is 0 Å². The van der Waals surface area contributed by atoms with Crippen LogP contribution in [0.4, 0.5) is 0 Å². The molecule has 0 saturated heterocycles. The van der Waals surface area contributed by atoms with E-state index in [0.717, 1.165) is 6.54 Å². The van der Waals surface area contributed by atoms with Crippen molar-refractivity contribution >= 4 is 5.97 Å². The van der Waals surface area contributed by atoms with Gasteiger partial charge in [0.2, 0.25) is 0 Å². The zero-order valence-corrected chi connectivity index (χ0v) is 9.47. The van der Waals surface area contributed by atoms with Crippen molar-refractivity contribution in [1.29, 1.82) is 0 Å². The van der Waals surface area contributed by atoms with Crippen LogP contribution in [0.5, 0.6) is 0 Å². The van der Waals surface area contributed by atoms with Crippen LogP contribution in [0.1, 0.15) is 30.8 Å². The fourth-order valence-corrected chi connectivity index (χ4v) is 1.67. The van der Waals surface area contributed by atoms with Gasteiger partial charge >= 0.3 is 5.97 Å². The predicted octanol–water partition coefficient (Wildman–Crippen LogP) is 0.364. The summed E-state index contributed by atoms with van der Waals surface area (Å²) >= 11 is 0. The number of hydrogen-bond donors (Lipinski definition) is 2. The molecule has 0 bridgehead atoms. The Morgan fingerprint density at radius 1 is 1.75 bits per heavy atom. The monoisotopic (exact) mass is 224 g/mol. The second-order valence-electron chi connectivity index (χ2n) is 4.87. The first-order chi connectivity index (χ1) is 7.49. The molecule has 6 nitrogen and oxygen atoms in total. The molecule has 1 aliphatic carbocycles. The number of aromatic nitrogens is 3. The van der Waals surface area contributed by atoms with Gasteiger partial charge in [-0.25, -0.2) is 4.79 Å². The second-order valence-corrected chi connectivity index (χ2v) is 4.87. The molecule has 0 spiro atoms. The molecule has 1 fully saturated rings. The normalized spacial score (nSPS) is 22.0. The average Bonchev–Trinajstić information content (AvgIpc) is 2.65. The van der Waals surface area contributed by atoms with Crippen molar-refractivity contribution in [2.24, 2.45) is 5.41 Å². The van der Waals surface area contributed by atoms with E-state index in [1.807, 2.05) is 0 Å². The highest BCUT2D eigenvalue weighted by Crippen LogP contribution is 2.44. The Balaban J connectivity index is 1.75. The summed E-state index contributed by atoms with van der Waals surface area (Å²) in [5.41, 5.74) is 0.404. The molecule has 2 N–H and O–H groups in total. The molecule has 88 valence electrons. The summed E-state index contributed by atoms with van der Waals surface area (Å²) in [6.07, 6.45) is 2.65. The van der Waals surface area contributed by atoms with Crippen molar-refractivity contribution in [2.45, 2.75) is 32.9 Å². The van der Waals surface area contributed by atoms with Crippen LogP contribution >= 0.6 is 0 Å². The van der Waals surface area contributed by atoms with Gasteiger partial charge < -0.3 is 10.4 Å². The highest BCUT2D eigenvalue weighted by molar-refractivity contribution is 5.84. The van der Waals surface area contributed by atoms with Gasteiger partial charge in [0.25, 0.3) is 0 Å². The molecule has 1 aliphatic rings. The van der Waals surface area contributed by atoms with Crippen LogP contribution in [0.25, 0.3) is 0 Å². The molecule has 0 amide bonds. The highest BCUT2D eigenvalue weighted by atomic mass is 16.4. The van der Waals surface area contributed by atoms with E-state index in [0.29, 0.717) is 18.0 Å². The van der Waals surface area contributed by atoms with E-state index in [1.54, 1.807) is 4.68 Å². The van der Waals surface area contributed by atoms with Gasteiger partial charge in [-0.15, -0.1) is 5.10 Å². The van der Waals surface area contributed by atoms with Gasteiger partial charge in [0.1, 0.15) is 0 Å². The Bertz CT molecular complexity index is 399. The Hall–Kier alpha value is -1.43. The molecule has 1 heterocycles. The van der Waals surface area contributed by atoms with Crippen LogP contribution in [-0.4, -0.2) is 38.7 Å². The van der Waals surface area contributed by atoms with Crippen LogP contribution in [0.15, 0.2) is 6.20 Å². The van der Waals surface area contributed by atoms with Gasteiger partial charge in [0, 0.05) is 12.6 Å². The number of carboxylic acids is 1. The van der Waals surface area contributed by atoms with E-state index in [1.165, 1.54) is 12.6 Å². The lowest BCUT2D eigenvalue weighted by molar-refractivity contribution is 0.0690. The van der Waals surface area contributed by atoms with Crippen LogP contribution in [0, 0.1) is 5.41 Å². The lowest BCUT2D eigenvalue weighted by Crippen LogP contribution is -2.25. The molecule has 1 unspecified atom stereocenters. The molecule has 0 aromatic carbocycles. The molecule has 0 aliphatic heterocycles. The summed E-state index contributed by atoms with van der Waals surface area (Å²) in [7, 11) is 0. The number of nitrogens with zero attached hydrogens (tertiary/aromatic N) is 3. The summed E-state index contributed by atoms with van der Waals surface area (Å²) in [5, 5.41) is 19.3. The third kappa shape index (κ3) is 2.38. The Morgan fingerprint density at radius 3 is 2.94 bits per heavy atom. The average molecular weight is 224 g/mol. The van der Waals surface area contributed by atoms with Crippen LogP contribution < -0.4 is 5.32 Å². The zero-order valence-electron chi connectivity index (χ0n) is 9.47. The fourth-order valence-electron chi connectivity index (χ4n) is 1.67. The van der Waals surface area contributed by atoms with E-state index < -0.39 is 5.97 Å². The number of rotatable bonds is 5. The second kappa shape index (κ2) is 3.86. The van der Waals surface area contributed by atoms with Crippen molar-refractivity contribution in [2.75, 3.05) is 6.54 Å². The van der Waals surface area contributed by atoms with Gasteiger partial charge in [-0.05, 0) is 11.8 Å². The maximum Gasteiger partial charge on any atom is 0.358 e. The molecule has 6 heteroatoms. The number of carbonyl (C=O) groups is 1. The van der Waals surface area contributed by atoms with E-state index in [9.17, 15) is 4.79 Å². The summed E-state index contributed by atoms with van der Waals surface area (Å²) in [4.78, 5) is 10.6. The number of aromatic carboxylic acids is 1. The molecule has 1 saturated carbocycles. The summed E-state index contributed by atoms with van der Waals surface area (Å²) < 4.78 is 1.55. The molecule has 0 radical (unpaired) electrons. The minimum Gasteiger partial charge on any atom is -0.476 e.